The molecule has 6 heteroatoms. The predicted molar refractivity (Wildman–Crippen MR) is 101 cm³/mol. The lowest BCUT2D eigenvalue weighted by atomic mass is 9.91. The maximum Gasteiger partial charge on any atom is 0.227 e. The highest BCUT2D eigenvalue weighted by Gasteiger charge is 2.30. The molecule has 1 amide bonds. The molecule has 1 aliphatic rings. The first-order valence-corrected chi connectivity index (χ1v) is 9.20. The molecule has 0 unspecified atom stereocenters. The zero-order valence-corrected chi connectivity index (χ0v) is 16.2. The van der Waals surface area contributed by atoms with Crippen LogP contribution in [0.25, 0.3) is 11.0 Å². The van der Waals surface area contributed by atoms with Crippen molar-refractivity contribution < 1.29 is 14.3 Å². The first-order valence-electron chi connectivity index (χ1n) is 9.20. The smallest absolute Gasteiger partial charge is 0.227 e. The molecule has 142 valence electrons. The van der Waals surface area contributed by atoms with E-state index in [0.29, 0.717) is 23.4 Å². The summed E-state index contributed by atoms with van der Waals surface area (Å²) in [6.07, 6.45) is 3.30. The minimum absolute atomic E-state index is 0.122. The summed E-state index contributed by atoms with van der Waals surface area (Å²) in [4.78, 5) is 16.9. The molecule has 1 saturated carbocycles. The van der Waals surface area contributed by atoms with Crippen LogP contribution in [-0.4, -0.2) is 20.6 Å². The molecule has 0 atom stereocenters. The van der Waals surface area contributed by atoms with Gasteiger partial charge < -0.3 is 9.67 Å². The second kappa shape index (κ2) is 6.34. The summed E-state index contributed by atoms with van der Waals surface area (Å²) in [6, 6.07) is 3.40. The van der Waals surface area contributed by atoms with Crippen LogP contribution in [0.15, 0.2) is 12.1 Å². The van der Waals surface area contributed by atoms with Gasteiger partial charge in [0.1, 0.15) is 5.52 Å². The fourth-order valence-electron chi connectivity index (χ4n) is 3.36. The summed E-state index contributed by atoms with van der Waals surface area (Å²) in [6.45, 7) is 9.12. The molecular weight excluding hydrogens is 333 g/mol. The summed E-state index contributed by atoms with van der Waals surface area (Å²) in [7, 11) is 0. The number of nitrogens with one attached hydrogen (secondary N) is 1. The van der Waals surface area contributed by atoms with Gasteiger partial charge in [0.05, 0.1) is 11.1 Å². The molecule has 1 fully saturated rings. The SMILES string of the molecule is CC(C)(C)CC(=O)Nc1nc2ccc(C(C)(C)O)c(F)c2n1C1CCC1. The maximum atomic E-state index is 15.2. The third kappa shape index (κ3) is 3.61. The largest absolute Gasteiger partial charge is 0.386 e. The second-order valence-corrected chi connectivity index (χ2v) is 9.03. The van der Waals surface area contributed by atoms with Crippen molar-refractivity contribution in [1.82, 2.24) is 9.55 Å². The molecular formula is C20H28FN3O2. The Morgan fingerprint density at radius 2 is 1.96 bits per heavy atom. The standard InChI is InChI=1S/C20H28FN3O2/c1-19(2,3)11-15(25)23-18-22-14-10-9-13(20(4,5)26)16(21)17(14)24(18)12-7-6-8-12/h9-10,12,26H,6-8,11H2,1-5H3,(H,22,23,25). The molecule has 1 aromatic heterocycles. The van der Waals surface area contributed by atoms with Crippen LogP contribution in [0.1, 0.15) is 71.9 Å². The monoisotopic (exact) mass is 361 g/mol. The Labute approximate surface area is 153 Å². The van der Waals surface area contributed by atoms with E-state index in [1.165, 1.54) is 0 Å². The van der Waals surface area contributed by atoms with Crippen LogP contribution in [0.4, 0.5) is 10.3 Å². The van der Waals surface area contributed by atoms with Crippen molar-refractivity contribution in [3.05, 3.63) is 23.5 Å². The zero-order valence-electron chi connectivity index (χ0n) is 16.2. The average Bonchev–Trinajstić information content (AvgIpc) is 2.72. The van der Waals surface area contributed by atoms with Crippen molar-refractivity contribution >= 4 is 22.9 Å². The number of fused-ring (bicyclic) bond motifs is 1. The average molecular weight is 361 g/mol. The van der Waals surface area contributed by atoms with Crippen molar-refractivity contribution in [2.24, 2.45) is 5.41 Å². The molecule has 2 aromatic rings. The fraction of sp³-hybridized carbons (Fsp3) is 0.600. The van der Waals surface area contributed by atoms with E-state index in [-0.39, 0.29) is 22.9 Å². The maximum absolute atomic E-state index is 15.2. The van der Waals surface area contributed by atoms with Gasteiger partial charge in [-0.1, -0.05) is 26.8 Å². The normalized spacial score (nSPS) is 16.0. The van der Waals surface area contributed by atoms with Crippen LogP contribution in [0.2, 0.25) is 0 Å². The number of carbonyl (C=O) groups is 1. The number of carbonyl (C=O) groups excluding carboxylic acids is 1. The Kier molecular flexibility index (Phi) is 4.59. The number of anilines is 1. The van der Waals surface area contributed by atoms with Gasteiger partial charge in [-0.2, -0.15) is 0 Å². The highest BCUT2D eigenvalue weighted by atomic mass is 19.1. The van der Waals surface area contributed by atoms with E-state index in [0.717, 1.165) is 19.3 Å². The molecule has 0 saturated heterocycles. The van der Waals surface area contributed by atoms with Crippen molar-refractivity contribution in [3.8, 4) is 0 Å². The molecule has 1 heterocycles. The second-order valence-electron chi connectivity index (χ2n) is 9.03. The number of rotatable bonds is 4. The minimum Gasteiger partial charge on any atom is -0.386 e. The lowest BCUT2D eigenvalue weighted by molar-refractivity contribution is -0.117. The van der Waals surface area contributed by atoms with Gasteiger partial charge in [-0.15, -0.1) is 0 Å². The summed E-state index contributed by atoms with van der Waals surface area (Å²) < 4.78 is 17.0. The highest BCUT2D eigenvalue weighted by Crippen LogP contribution is 2.39. The molecule has 26 heavy (non-hydrogen) atoms. The van der Waals surface area contributed by atoms with Crippen LogP contribution in [-0.2, 0) is 10.4 Å². The van der Waals surface area contributed by atoms with E-state index in [2.05, 4.69) is 10.3 Å². The van der Waals surface area contributed by atoms with Crippen molar-refractivity contribution in [2.45, 2.75) is 71.9 Å². The summed E-state index contributed by atoms with van der Waals surface area (Å²) in [5.41, 5.74) is -0.341. The van der Waals surface area contributed by atoms with Crippen molar-refractivity contribution in [3.63, 3.8) is 0 Å². The summed E-state index contributed by atoms with van der Waals surface area (Å²) in [5, 5.41) is 13.1. The summed E-state index contributed by atoms with van der Waals surface area (Å²) >= 11 is 0. The van der Waals surface area contributed by atoms with Crippen LogP contribution < -0.4 is 5.32 Å². The van der Waals surface area contributed by atoms with Gasteiger partial charge in [0.2, 0.25) is 11.9 Å². The number of imidazole rings is 1. The first-order chi connectivity index (χ1) is 12.0. The van der Waals surface area contributed by atoms with Crippen molar-refractivity contribution in [2.75, 3.05) is 5.32 Å². The highest BCUT2D eigenvalue weighted by molar-refractivity contribution is 5.92. The number of hydrogen-bond acceptors (Lipinski definition) is 3. The van der Waals surface area contributed by atoms with Gasteiger partial charge in [-0.25, -0.2) is 9.37 Å². The van der Waals surface area contributed by atoms with Gasteiger partial charge >= 0.3 is 0 Å². The van der Waals surface area contributed by atoms with Crippen LogP contribution >= 0.6 is 0 Å². The number of aliphatic hydroxyl groups is 1. The quantitative estimate of drug-likeness (QED) is 0.842. The predicted octanol–water partition coefficient (Wildman–Crippen LogP) is 4.50. The van der Waals surface area contributed by atoms with E-state index in [1.807, 2.05) is 25.3 Å². The van der Waals surface area contributed by atoms with Gasteiger partial charge in [0, 0.05) is 18.0 Å². The molecule has 0 spiro atoms. The molecule has 5 nitrogen and oxygen atoms in total. The van der Waals surface area contributed by atoms with E-state index in [4.69, 9.17) is 0 Å². The molecule has 0 radical (unpaired) electrons. The lowest BCUT2D eigenvalue weighted by Crippen LogP contribution is -2.25. The van der Waals surface area contributed by atoms with E-state index < -0.39 is 11.4 Å². The Balaban J connectivity index is 2.09. The topological polar surface area (TPSA) is 67.2 Å². The molecule has 3 rings (SSSR count). The Bertz CT molecular complexity index is 839. The number of benzene rings is 1. The molecule has 0 bridgehead atoms. The Morgan fingerprint density at radius 1 is 1.31 bits per heavy atom. The first kappa shape index (κ1) is 18.8. The molecule has 0 aliphatic heterocycles. The van der Waals surface area contributed by atoms with Crippen LogP contribution in [0.3, 0.4) is 0 Å². The summed E-state index contributed by atoms with van der Waals surface area (Å²) in [5.74, 6) is -0.201. The van der Waals surface area contributed by atoms with Gasteiger partial charge in [0.15, 0.2) is 5.82 Å². The Hall–Kier alpha value is -1.95. The third-order valence-corrected chi connectivity index (χ3v) is 4.83. The fourth-order valence-corrected chi connectivity index (χ4v) is 3.36. The van der Waals surface area contributed by atoms with E-state index in [9.17, 15) is 9.90 Å². The number of aromatic nitrogens is 2. The Morgan fingerprint density at radius 3 is 2.46 bits per heavy atom. The number of halogens is 1. The zero-order chi connectivity index (χ0) is 19.3. The van der Waals surface area contributed by atoms with E-state index >= 15 is 4.39 Å². The van der Waals surface area contributed by atoms with E-state index in [1.54, 1.807) is 26.0 Å². The lowest BCUT2D eigenvalue weighted by Gasteiger charge is -2.30. The number of amides is 1. The number of hydrogen-bond donors (Lipinski definition) is 2. The third-order valence-electron chi connectivity index (χ3n) is 4.83. The molecule has 1 aliphatic carbocycles. The van der Waals surface area contributed by atoms with Crippen LogP contribution in [0, 0.1) is 11.2 Å². The molecule has 1 aromatic carbocycles. The van der Waals surface area contributed by atoms with Crippen molar-refractivity contribution in [1.29, 1.82) is 0 Å². The minimum atomic E-state index is -1.29. The van der Waals surface area contributed by atoms with Gasteiger partial charge in [-0.3, -0.25) is 10.1 Å². The van der Waals surface area contributed by atoms with Crippen LogP contribution in [0.5, 0.6) is 0 Å². The number of nitrogens with zero attached hydrogens (tertiary/aromatic N) is 2. The van der Waals surface area contributed by atoms with Gasteiger partial charge in [-0.05, 0) is 44.6 Å². The molecule has 2 N–H and O–H groups in total. The van der Waals surface area contributed by atoms with Gasteiger partial charge in [0.25, 0.3) is 0 Å².